The van der Waals surface area contributed by atoms with E-state index in [4.69, 9.17) is 4.74 Å². The zero-order valence-corrected chi connectivity index (χ0v) is 19.8. The van der Waals surface area contributed by atoms with E-state index in [9.17, 15) is 22.4 Å². The molecule has 3 aromatic carbocycles. The van der Waals surface area contributed by atoms with Gasteiger partial charge in [0.2, 0.25) is 0 Å². The summed E-state index contributed by atoms with van der Waals surface area (Å²) in [5.74, 6) is 0.0727. The van der Waals surface area contributed by atoms with Gasteiger partial charge in [0.05, 0.1) is 36.5 Å². The quantitative estimate of drug-likeness (QED) is 0.327. The van der Waals surface area contributed by atoms with Gasteiger partial charge in [0.25, 0.3) is 0 Å². The zero-order valence-electron chi connectivity index (χ0n) is 19.8. The number of halogens is 4. The fourth-order valence-electron chi connectivity index (χ4n) is 5.25. The van der Waals surface area contributed by atoms with E-state index in [1.165, 1.54) is 35.9 Å². The molecule has 4 aromatic rings. The maximum Gasteiger partial charge on any atom is 0.416 e. The molecular formula is C27H25F4N3O2. The number of hydrogen-bond acceptors (Lipinski definition) is 3. The predicted molar refractivity (Wildman–Crippen MR) is 130 cm³/mol. The van der Waals surface area contributed by atoms with Crippen molar-refractivity contribution in [2.45, 2.75) is 32.1 Å². The largest absolute Gasteiger partial charge is 0.494 e. The van der Waals surface area contributed by atoms with Gasteiger partial charge in [-0.15, -0.1) is 0 Å². The van der Waals surface area contributed by atoms with Crippen LogP contribution in [0.25, 0.3) is 11.0 Å². The van der Waals surface area contributed by atoms with Crippen molar-refractivity contribution in [2.24, 2.45) is 0 Å². The molecule has 1 saturated heterocycles. The van der Waals surface area contributed by atoms with Crippen molar-refractivity contribution in [1.29, 1.82) is 0 Å². The first-order chi connectivity index (χ1) is 17.2. The van der Waals surface area contributed by atoms with Crippen LogP contribution in [-0.2, 0) is 12.7 Å². The maximum atomic E-state index is 14.6. The molecular weight excluding hydrogens is 474 g/mol. The lowest BCUT2D eigenvalue weighted by Crippen LogP contribution is -2.30. The molecule has 0 amide bonds. The van der Waals surface area contributed by atoms with Crippen molar-refractivity contribution >= 4 is 16.7 Å². The van der Waals surface area contributed by atoms with Crippen molar-refractivity contribution in [3.8, 4) is 5.75 Å². The monoisotopic (exact) mass is 499 g/mol. The number of fused-ring (bicyclic) bond motifs is 1. The Balaban J connectivity index is 1.61. The van der Waals surface area contributed by atoms with Crippen LogP contribution >= 0.6 is 0 Å². The van der Waals surface area contributed by atoms with Crippen LogP contribution in [0.4, 0.5) is 23.2 Å². The third-order valence-electron chi connectivity index (χ3n) is 6.85. The Morgan fingerprint density at radius 2 is 1.78 bits per heavy atom. The number of rotatable bonds is 5. The Hall–Kier alpha value is -3.75. The molecule has 0 spiro atoms. The van der Waals surface area contributed by atoms with E-state index in [-0.39, 0.29) is 24.0 Å². The molecule has 0 aliphatic carbocycles. The van der Waals surface area contributed by atoms with Crippen molar-refractivity contribution in [3.63, 3.8) is 0 Å². The first-order valence-electron chi connectivity index (χ1n) is 11.6. The van der Waals surface area contributed by atoms with E-state index in [1.54, 1.807) is 28.8 Å². The minimum atomic E-state index is -4.55. The lowest BCUT2D eigenvalue weighted by Gasteiger charge is -2.21. The summed E-state index contributed by atoms with van der Waals surface area (Å²) < 4.78 is 64.1. The summed E-state index contributed by atoms with van der Waals surface area (Å²) in [6, 6.07) is 15.1. The number of nitrogens with zero attached hydrogens (tertiary/aromatic N) is 3. The Kier molecular flexibility index (Phi) is 6.02. The minimum absolute atomic E-state index is 0.00733. The van der Waals surface area contributed by atoms with E-state index >= 15 is 0 Å². The maximum absolute atomic E-state index is 14.6. The number of anilines is 1. The van der Waals surface area contributed by atoms with Crippen LogP contribution in [0, 0.1) is 12.7 Å². The van der Waals surface area contributed by atoms with Gasteiger partial charge in [-0.1, -0.05) is 36.4 Å². The standard InChI is InChI=1S/C27H25F4N3O2/c1-17-7-5-10-21(28)24(17)32-14-13-19(16-32)34-22-11-6-12-23(36-2)25(22)33(26(34)35)15-18-8-3-4-9-20(18)27(29,30)31/h3-12,19H,13-16H2,1-2H3. The SMILES string of the molecule is COc1cccc2c1n(Cc1ccccc1C(F)(F)F)c(=O)n2C1CCN(c2c(C)cccc2F)C1. The number of alkyl halides is 3. The molecule has 188 valence electrons. The number of imidazole rings is 1. The van der Waals surface area contributed by atoms with Crippen molar-refractivity contribution < 1.29 is 22.3 Å². The van der Waals surface area contributed by atoms with Crippen molar-refractivity contribution in [3.05, 3.63) is 93.7 Å². The van der Waals surface area contributed by atoms with Crippen LogP contribution in [0.3, 0.4) is 0 Å². The predicted octanol–water partition coefficient (Wildman–Crippen LogP) is 5.78. The van der Waals surface area contributed by atoms with Gasteiger partial charge in [0.1, 0.15) is 17.1 Å². The van der Waals surface area contributed by atoms with Gasteiger partial charge in [-0.2, -0.15) is 13.2 Å². The number of aromatic nitrogens is 2. The topological polar surface area (TPSA) is 39.4 Å². The zero-order chi connectivity index (χ0) is 25.6. The highest BCUT2D eigenvalue weighted by molar-refractivity contribution is 5.83. The number of ether oxygens (including phenoxy) is 1. The van der Waals surface area contributed by atoms with E-state index in [2.05, 4.69) is 0 Å². The van der Waals surface area contributed by atoms with Crippen LogP contribution in [0.2, 0.25) is 0 Å². The molecule has 0 N–H and O–H groups in total. The molecule has 2 heterocycles. The number of para-hydroxylation sites is 2. The Morgan fingerprint density at radius 3 is 2.50 bits per heavy atom. The summed E-state index contributed by atoms with van der Waals surface area (Å²) in [7, 11) is 1.46. The summed E-state index contributed by atoms with van der Waals surface area (Å²) >= 11 is 0. The second kappa shape index (κ2) is 9.04. The Morgan fingerprint density at radius 1 is 1.03 bits per heavy atom. The molecule has 5 rings (SSSR count). The van der Waals surface area contributed by atoms with Gasteiger partial charge >= 0.3 is 11.9 Å². The molecule has 5 nitrogen and oxygen atoms in total. The van der Waals surface area contributed by atoms with E-state index < -0.39 is 17.4 Å². The number of aryl methyl sites for hydroxylation is 1. The van der Waals surface area contributed by atoms with Crippen molar-refractivity contribution in [1.82, 2.24) is 9.13 Å². The van der Waals surface area contributed by atoms with Gasteiger partial charge in [-0.3, -0.25) is 9.13 Å². The summed E-state index contributed by atoms with van der Waals surface area (Å²) in [5, 5.41) is 0. The normalized spacial score (nSPS) is 16.2. The summed E-state index contributed by atoms with van der Waals surface area (Å²) in [5.41, 5.74) is 1.10. The molecule has 9 heteroatoms. The fraction of sp³-hybridized carbons (Fsp3) is 0.296. The lowest BCUT2D eigenvalue weighted by atomic mass is 10.1. The molecule has 0 radical (unpaired) electrons. The molecule has 1 aromatic heterocycles. The van der Waals surface area contributed by atoms with E-state index in [1.807, 2.05) is 17.9 Å². The highest BCUT2D eigenvalue weighted by atomic mass is 19.4. The summed E-state index contributed by atoms with van der Waals surface area (Å²) in [6.45, 7) is 2.53. The van der Waals surface area contributed by atoms with E-state index in [0.29, 0.717) is 42.0 Å². The number of methoxy groups -OCH3 is 1. The Bertz CT molecular complexity index is 1470. The molecule has 0 bridgehead atoms. The highest BCUT2D eigenvalue weighted by Gasteiger charge is 2.34. The first-order valence-corrected chi connectivity index (χ1v) is 11.6. The number of hydrogen-bond donors (Lipinski definition) is 0. The third kappa shape index (κ3) is 4.02. The lowest BCUT2D eigenvalue weighted by molar-refractivity contribution is -0.138. The smallest absolute Gasteiger partial charge is 0.416 e. The highest BCUT2D eigenvalue weighted by Crippen LogP contribution is 2.36. The van der Waals surface area contributed by atoms with Crippen molar-refractivity contribution in [2.75, 3.05) is 25.1 Å². The molecule has 1 aliphatic rings. The second-order valence-corrected chi connectivity index (χ2v) is 9.02. The molecule has 1 aliphatic heterocycles. The van der Waals surface area contributed by atoms with Crippen LogP contribution in [0.1, 0.15) is 29.2 Å². The van der Waals surface area contributed by atoms with Crippen LogP contribution < -0.4 is 15.3 Å². The van der Waals surface area contributed by atoms with Crippen LogP contribution in [0.5, 0.6) is 5.75 Å². The van der Waals surface area contributed by atoms with Gasteiger partial charge < -0.3 is 9.64 Å². The first kappa shape index (κ1) is 24.0. The average molecular weight is 500 g/mol. The second-order valence-electron chi connectivity index (χ2n) is 9.02. The summed E-state index contributed by atoms with van der Waals surface area (Å²) in [4.78, 5) is 15.7. The molecule has 1 fully saturated rings. The van der Waals surface area contributed by atoms with Crippen LogP contribution in [-0.4, -0.2) is 29.3 Å². The third-order valence-corrected chi connectivity index (χ3v) is 6.85. The molecule has 1 unspecified atom stereocenters. The molecule has 0 saturated carbocycles. The van der Waals surface area contributed by atoms with Gasteiger partial charge in [0.15, 0.2) is 0 Å². The van der Waals surface area contributed by atoms with Gasteiger partial charge in [-0.05, 0) is 48.7 Å². The average Bonchev–Trinajstić information content (AvgIpc) is 3.41. The molecule has 1 atom stereocenters. The fourth-order valence-corrected chi connectivity index (χ4v) is 5.25. The van der Waals surface area contributed by atoms with Crippen LogP contribution in [0.15, 0.2) is 65.5 Å². The van der Waals surface area contributed by atoms with Gasteiger partial charge in [-0.25, -0.2) is 9.18 Å². The van der Waals surface area contributed by atoms with Gasteiger partial charge in [0, 0.05) is 13.1 Å². The molecule has 36 heavy (non-hydrogen) atoms. The number of benzene rings is 3. The van der Waals surface area contributed by atoms with E-state index in [0.717, 1.165) is 11.6 Å². The Labute approximate surface area is 205 Å². The summed E-state index contributed by atoms with van der Waals surface area (Å²) in [6.07, 6.45) is -3.96. The minimum Gasteiger partial charge on any atom is -0.494 e.